The van der Waals surface area contributed by atoms with Crippen LogP contribution >= 0.6 is 11.6 Å². The lowest BCUT2D eigenvalue weighted by Gasteiger charge is -2.07. The molecule has 2 nitrogen and oxygen atoms in total. The first-order valence-corrected chi connectivity index (χ1v) is 4.73. The number of pyridine rings is 1. The third kappa shape index (κ3) is 1.23. The van der Waals surface area contributed by atoms with Gasteiger partial charge in [0.05, 0.1) is 15.9 Å². The van der Waals surface area contributed by atoms with E-state index in [1.807, 2.05) is 29.9 Å². The van der Waals surface area contributed by atoms with Crippen LogP contribution in [0, 0.1) is 6.92 Å². The van der Waals surface area contributed by atoms with Crippen LogP contribution in [0.5, 0.6) is 0 Å². The molecule has 1 aromatic heterocycles. The van der Waals surface area contributed by atoms with Gasteiger partial charge in [-0.15, -0.1) is 0 Å². The lowest BCUT2D eigenvalue weighted by molar-refractivity contribution is 0.939. The van der Waals surface area contributed by atoms with Gasteiger partial charge in [-0.2, -0.15) is 0 Å². The minimum atomic E-state index is 0.0173. The molecule has 0 bridgehead atoms. The fraction of sp³-hybridized carbons (Fsp3) is 0.182. The summed E-state index contributed by atoms with van der Waals surface area (Å²) in [6.07, 6.45) is 1.82. The second-order valence-electron chi connectivity index (χ2n) is 3.39. The molecule has 1 heterocycles. The van der Waals surface area contributed by atoms with Gasteiger partial charge in [-0.25, -0.2) is 0 Å². The first-order chi connectivity index (χ1) is 6.61. The molecule has 2 aromatic rings. The summed E-state index contributed by atoms with van der Waals surface area (Å²) in [4.78, 5) is 11.8. The standard InChI is InChI=1S/C11H10ClNO/c1-7-6-13(2)9-5-3-4-8(12)10(9)11(7)14/h3-6H,1-2H3. The minimum Gasteiger partial charge on any atom is -0.350 e. The molecule has 72 valence electrons. The van der Waals surface area contributed by atoms with Crippen LogP contribution in [0.15, 0.2) is 29.2 Å². The Morgan fingerprint density at radius 2 is 2.07 bits per heavy atom. The molecule has 0 saturated carbocycles. The summed E-state index contributed by atoms with van der Waals surface area (Å²) in [6.45, 7) is 1.80. The van der Waals surface area contributed by atoms with E-state index < -0.39 is 0 Å². The predicted molar refractivity (Wildman–Crippen MR) is 58.9 cm³/mol. The maximum Gasteiger partial charge on any atom is 0.193 e. The van der Waals surface area contributed by atoms with E-state index in [2.05, 4.69) is 0 Å². The van der Waals surface area contributed by atoms with Crippen LogP contribution in [0.25, 0.3) is 10.9 Å². The molecule has 3 heteroatoms. The number of aryl methyl sites for hydroxylation is 2. The first-order valence-electron chi connectivity index (χ1n) is 4.35. The molecule has 14 heavy (non-hydrogen) atoms. The number of halogens is 1. The van der Waals surface area contributed by atoms with Crippen molar-refractivity contribution in [1.82, 2.24) is 4.57 Å². The first kappa shape index (κ1) is 9.28. The molecule has 0 N–H and O–H groups in total. The number of benzene rings is 1. The third-order valence-electron chi connectivity index (χ3n) is 2.34. The highest BCUT2D eigenvalue weighted by Gasteiger charge is 2.06. The van der Waals surface area contributed by atoms with Crippen molar-refractivity contribution in [3.63, 3.8) is 0 Å². The number of nitrogens with zero attached hydrogens (tertiary/aromatic N) is 1. The molecule has 0 radical (unpaired) electrons. The average molecular weight is 208 g/mol. The van der Waals surface area contributed by atoms with Gasteiger partial charge in [-0.05, 0) is 19.1 Å². The fourth-order valence-electron chi connectivity index (χ4n) is 1.65. The van der Waals surface area contributed by atoms with Crippen molar-refractivity contribution in [3.8, 4) is 0 Å². The number of hydrogen-bond donors (Lipinski definition) is 0. The van der Waals surface area contributed by atoms with E-state index in [-0.39, 0.29) is 5.43 Å². The summed E-state index contributed by atoms with van der Waals surface area (Å²) in [5.74, 6) is 0. The van der Waals surface area contributed by atoms with Gasteiger partial charge in [0, 0.05) is 18.8 Å². The van der Waals surface area contributed by atoms with Crippen molar-refractivity contribution in [1.29, 1.82) is 0 Å². The van der Waals surface area contributed by atoms with Crippen molar-refractivity contribution >= 4 is 22.5 Å². The van der Waals surface area contributed by atoms with Gasteiger partial charge < -0.3 is 4.57 Å². The van der Waals surface area contributed by atoms with Crippen LogP contribution < -0.4 is 5.43 Å². The molecule has 0 aliphatic rings. The predicted octanol–water partition coefficient (Wildman–Crippen LogP) is 2.50. The van der Waals surface area contributed by atoms with Crippen LogP contribution in [0.2, 0.25) is 5.02 Å². The summed E-state index contributed by atoms with van der Waals surface area (Å²) in [6, 6.07) is 5.48. The summed E-state index contributed by atoms with van der Waals surface area (Å²) in [5, 5.41) is 1.13. The van der Waals surface area contributed by atoms with Gasteiger partial charge in [-0.3, -0.25) is 4.79 Å². The molecule has 1 aromatic carbocycles. The van der Waals surface area contributed by atoms with Crippen molar-refractivity contribution in [2.24, 2.45) is 7.05 Å². The van der Waals surface area contributed by atoms with E-state index in [1.54, 1.807) is 13.0 Å². The quantitative estimate of drug-likeness (QED) is 0.651. The Hall–Kier alpha value is -1.28. The summed E-state index contributed by atoms with van der Waals surface area (Å²) < 4.78 is 1.91. The third-order valence-corrected chi connectivity index (χ3v) is 2.66. The van der Waals surface area contributed by atoms with E-state index in [1.165, 1.54) is 0 Å². The van der Waals surface area contributed by atoms with E-state index >= 15 is 0 Å². The van der Waals surface area contributed by atoms with Gasteiger partial charge in [-0.1, -0.05) is 17.7 Å². The number of fused-ring (bicyclic) bond motifs is 1. The molecule has 0 aliphatic heterocycles. The molecular weight excluding hydrogens is 198 g/mol. The topological polar surface area (TPSA) is 22.0 Å². The fourth-order valence-corrected chi connectivity index (χ4v) is 1.90. The van der Waals surface area contributed by atoms with Crippen LogP contribution in [0.1, 0.15) is 5.56 Å². The largest absolute Gasteiger partial charge is 0.350 e. The molecule has 0 saturated heterocycles. The SMILES string of the molecule is Cc1cn(C)c2cccc(Cl)c2c1=O. The lowest BCUT2D eigenvalue weighted by Crippen LogP contribution is -2.10. The second-order valence-corrected chi connectivity index (χ2v) is 3.79. The normalized spacial score (nSPS) is 10.8. The molecule has 0 fully saturated rings. The maximum absolute atomic E-state index is 11.8. The van der Waals surface area contributed by atoms with Crippen molar-refractivity contribution in [2.75, 3.05) is 0 Å². The van der Waals surface area contributed by atoms with Crippen molar-refractivity contribution in [2.45, 2.75) is 6.92 Å². The zero-order valence-corrected chi connectivity index (χ0v) is 8.80. The maximum atomic E-state index is 11.8. The van der Waals surface area contributed by atoms with Crippen LogP contribution in [0.3, 0.4) is 0 Å². The zero-order valence-electron chi connectivity index (χ0n) is 8.04. The van der Waals surface area contributed by atoms with Crippen LogP contribution in [-0.2, 0) is 7.05 Å². The van der Waals surface area contributed by atoms with Gasteiger partial charge >= 0.3 is 0 Å². The van der Waals surface area contributed by atoms with Gasteiger partial charge in [0.2, 0.25) is 0 Å². The summed E-state index contributed by atoms with van der Waals surface area (Å²) >= 11 is 5.99. The molecular formula is C11H10ClNO. The molecule has 2 rings (SSSR count). The number of aromatic nitrogens is 1. The number of hydrogen-bond acceptors (Lipinski definition) is 1. The van der Waals surface area contributed by atoms with Crippen LogP contribution in [-0.4, -0.2) is 4.57 Å². The second kappa shape index (κ2) is 3.14. The summed E-state index contributed by atoms with van der Waals surface area (Å²) in [7, 11) is 1.91. The van der Waals surface area contributed by atoms with E-state index in [9.17, 15) is 4.79 Å². The molecule has 0 atom stereocenters. The molecule has 0 unspecified atom stereocenters. The molecule has 0 aliphatic carbocycles. The highest BCUT2D eigenvalue weighted by molar-refractivity contribution is 6.35. The monoisotopic (exact) mass is 207 g/mol. The highest BCUT2D eigenvalue weighted by atomic mass is 35.5. The van der Waals surface area contributed by atoms with Crippen molar-refractivity contribution < 1.29 is 0 Å². The van der Waals surface area contributed by atoms with E-state index in [0.29, 0.717) is 16.0 Å². The van der Waals surface area contributed by atoms with E-state index in [0.717, 1.165) is 5.52 Å². The van der Waals surface area contributed by atoms with E-state index in [4.69, 9.17) is 11.6 Å². The number of rotatable bonds is 0. The Labute approximate surface area is 86.7 Å². The zero-order chi connectivity index (χ0) is 10.3. The van der Waals surface area contributed by atoms with Crippen LogP contribution in [0.4, 0.5) is 0 Å². The average Bonchev–Trinajstić information content (AvgIpc) is 2.14. The Morgan fingerprint density at radius 1 is 1.36 bits per heavy atom. The molecule has 0 amide bonds. The Morgan fingerprint density at radius 3 is 2.79 bits per heavy atom. The highest BCUT2D eigenvalue weighted by Crippen LogP contribution is 2.19. The Bertz CT molecular complexity index is 557. The molecule has 0 spiro atoms. The van der Waals surface area contributed by atoms with Gasteiger partial charge in [0.1, 0.15) is 0 Å². The van der Waals surface area contributed by atoms with Gasteiger partial charge in [0.25, 0.3) is 0 Å². The Kier molecular flexibility index (Phi) is 2.08. The Balaban J connectivity index is 3.11. The van der Waals surface area contributed by atoms with Crippen molar-refractivity contribution in [3.05, 3.63) is 45.2 Å². The van der Waals surface area contributed by atoms with Gasteiger partial charge in [0.15, 0.2) is 5.43 Å². The minimum absolute atomic E-state index is 0.0173. The lowest BCUT2D eigenvalue weighted by atomic mass is 10.1. The smallest absolute Gasteiger partial charge is 0.193 e. The summed E-state index contributed by atoms with van der Waals surface area (Å²) in [5.41, 5.74) is 1.60.